The van der Waals surface area contributed by atoms with Crippen molar-refractivity contribution >= 4 is 55.0 Å². The number of hydrogen-bond donors (Lipinski definition) is 1. The van der Waals surface area contributed by atoms with Gasteiger partial charge in [-0.05, 0) is 68.3 Å². The Labute approximate surface area is 235 Å². The summed E-state index contributed by atoms with van der Waals surface area (Å²) in [6.45, 7) is 0. The highest BCUT2D eigenvalue weighted by Crippen LogP contribution is 2.54. The van der Waals surface area contributed by atoms with Crippen molar-refractivity contribution in [2.24, 2.45) is 0 Å². The third kappa shape index (κ3) is 5.55. The van der Waals surface area contributed by atoms with Crippen LogP contribution in [0.25, 0.3) is 0 Å². The van der Waals surface area contributed by atoms with Gasteiger partial charge in [0.05, 0.1) is 16.9 Å². The molecular formula is C24H12Br2F10N2O2. The van der Waals surface area contributed by atoms with E-state index < -0.39 is 84.3 Å². The Balaban J connectivity index is 1.98. The maximum Gasteiger partial charge on any atom is 0.435 e. The lowest BCUT2D eigenvalue weighted by molar-refractivity contribution is -0.348. The molecule has 3 aromatic rings. The fraction of sp³-hybridized carbons (Fsp3) is 0.167. The molecule has 0 unspecified atom stereocenters. The van der Waals surface area contributed by atoms with E-state index in [4.69, 9.17) is 0 Å². The Kier molecular flexibility index (Phi) is 8.65. The molecule has 0 saturated heterocycles. The summed E-state index contributed by atoms with van der Waals surface area (Å²) in [5, 5.41) is 2.06. The highest BCUT2D eigenvalue weighted by Gasteiger charge is 2.73. The van der Waals surface area contributed by atoms with Crippen molar-refractivity contribution in [1.29, 1.82) is 0 Å². The average molecular weight is 710 g/mol. The zero-order valence-electron chi connectivity index (χ0n) is 19.4. The van der Waals surface area contributed by atoms with Crippen LogP contribution in [0.4, 0.5) is 55.3 Å². The summed E-state index contributed by atoms with van der Waals surface area (Å²) in [4.78, 5) is 26.0. The molecule has 0 aliphatic rings. The van der Waals surface area contributed by atoms with E-state index in [1.54, 1.807) is 0 Å². The van der Waals surface area contributed by atoms with E-state index in [0.29, 0.717) is 4.90 Å². The molecule has 0 fully saturated rings. The fourth-order valence-electron chi connectivity index (χ4n) is 3.49. The zero-order valence-corrected chi connectivity index (χ0v) is 22.6. The summed E-state index contributed by atoms with van der Waals surface area (Å²) in [7, 11) is 0.963. The quantitative estimate of drug-likeness (QED) is 0.271. The minimum absolute atomic E-state index is 0.142. The molecule has 1 N–H and O–H groups in total. The topological polar surface area (TPSA) is 49.4 Å². The van der Waals surface area contributed by atoms with Gasteiger partial charge < -0.3 is 10.2 Å². The largest absolute Gasteiger partial charge is 0.435 e. The summed E-state index contributed by atoms with van der Waals surface area (Å²) < 4.78 is 135. The zero-order chi connectivity index (χ0) is 30.4. The number of carbonyl (C=O) groups is 2. The number of rotatable bonds is 5. The van der Waals surface area contributed by atoms with Crippen molar-refractivity contribution in [3.05, 3.63) is 91.6 Å². The molecule has 0 spiro atoms. The molecule has 0 aromatic heterocycles. The van der Waals surface area contributed by atoms with Gasteiger partial charge >= 0.3 is 18.0 Å². The van der Waals surface area contributed by atoms with Crippen molar-refractivity contribution in [3.63, 3.8) is 0 Å². The van der Waals surface area contributed by atoms with Gasteiger partial charge in [0, 0.05) is 21.6 Å². The molecule has 3 aromatic carbocycles. The third-order valence-corrected chi connectivity index (χ3v) is 6.78. The molecule has 3 rings (SSSR count). The van der Waals surface area contributed by atoms with E-state index in [9.17, 15) is 49.1 Å². The van der Waals surface area contributed by atoms with E-state index in [1.165, 1.54) is 0 Å². The standard InChI is InChI=1S/C24H12Br2F10N2O2/c1-38(21(40)17-14(27)5-3-6-15(17)28)16-7-2-4-11(18(16)29)20(39)37-19-12(25)8-10(9-13(19)26)22(30,23(31,32)33)24(34,35)36/h2-9H,1H3,(H,37,39). The molecule has 0 saturated carbocycles. The first-order chi connectivity index (χ1) is 18.3. The van der Waals surface area contributed by atoms with E-state index in [1.807, 2.05) is 0 Å². The normalized spacial score (nSPS) is 12.3. The van der Waals surface area contributed by atoms with Crippen molar-refractivity contribution in [3.8, 4) is 0 Å². The van der Waals surface area contributed by atoms with Gasteiger partial charge in [0.2, 0.25) is 0 Å². The molecule has 214 valence electrons. The minimum atomic E-state index is -6.40. The maximum absolute atomic E-state index is 15.3. The second-order valence-electron chi connectivity index (χ2n) is 8.02. The summed E-state index contributed by atoms with van der Waals surface area (Å²) in [6, 6.07) is 5.86. The van der Waals surface area contributed by atoms with E-state index in [-0.39, 0.29) is 12.1 Å². The molecule has 0 aliphatic heterocycles. The van der Waals surface area contributed by atoms with Crippen LogP contribution in [0.5, 0.6) is 0 Å². The summed E-state index contributed by atoms with van der Waals surface area (Å²) >= 11 is 5.35. The maximum atomic E-state index is 15.3. The predicted molar refractivity (Wildman–Crippen MR) is 130 cm³/mol. The van der Waals surface area contributed by atoms with Crippen LogP contribution in [-0.2, 0) is 5.67 Å². The van der Waals surface area contributed by atoms with Gasteiger partial charge in [-0.15, -0.1) is 0 Å². The van der Waals surface area contributed by atoms with Gasteiger partial charge in [-0.3, -0.25) is 9.59 Å². The van der Waals surface area contributed by atoms with Crippen LogP contribution in [-0.4, -0.2) is 31.2 Å². The molecule has 0 atom stereocenters. The first kappa shape index (κ1) is 31.4. The molecule has 0 heterocycles. The number of halogens is 12. The lowest BCUT2D eigenvalue weighted by Gasteiger charge is -2.31. The summed E-state index contributed by atoms with van der Waals surface area (Å²) in [6.07, 6.45) is -12.8. The van der Waals surface area contributed by atoms with Crippen LogP contribution >= 0.6 is 31.9 Å². The van der Waals surface area contributed by atoms with Crippen molar-refractivity contribution in [1.82, 2.24) is 0 Å². The van der Waals surface area contributed by atoms with Gasteiger partial charge in [0.15, 0.2) is 5.82 Å². The minimum Gasteiger partial charge on any atom is -0.320 e. The first-order valence-electron chi connectivity index (χ1n) is 10.5. The number of benzene rings is 3. The number of nitrogens with one attached hydrogen (secondary N) is 1. The monoisotopic (exact) mass is 708 g/mol. The van der Waals surface area contributed by atoms with Crippen LogP contribution in [0.1, 0.15) is 26.3 Å². The Morgan fingerprint density at radius 1 is 0.800 bits per heavy atom. The predicted octanol–water partition coefficient (Wildman–Crippen LogP) is 8.45. The van der Waals surface area contributed by atoms with Crippen molar-refractivity contribution in [2.45, 2.75) is 18.0 Å². The third-order valence-electron chi connectivity index (χ3n) is 5.53. The highest BCUT2D eigenvalue weighted by molar-refractivity contribution is 9.11. The van der Waals surface area contributed by atoms with Crippen molar-refractivity contribution < 1.29 is 53.5 Å². The average Bonchev–Trinajstić information content (AvgIpc) is 2.83. The lowest BCUT2D eigenvalue weighted by Crippen LogP contribution is -2.50. The number of hydrogen-bond acceptors (Lipinski definition) is 2. The summed E-state index contributed by atoms with van der Waals surface area (Å²) in [5.41, 5.74) is -10.5. The second-order valence-corrected chi connectivity index (χ2v) is 9.73. The van der Waals surface area contributed by atoms with Gasteiger partial charge in [0.25, 0.3) is 11.8 Å². The summed E-state index contributed by atoms with van der Waals surface area (Å²) in [5.74, 6) is -6.45. The molecule has 0 radical (unpaired) electrons. The van der Waals surface area contributed by atoms with Crippen molar-refractivity contribution in [2.75, 3.05) is 17.3 Å². The molecule has 0 aliphatic carbocycles. The van der Waals surface area contributed by atoms with Gasteiger partial charge in [-0.2, -0.15) is 26.3 Å². The molecule has 16 heteroatoms. The smallest absolute Gasteiger partial charge is 0.320 e. The number of anilines is 2. The van der Waals surface area contributed by atoms with Crippen LogP contribution < -0.4 is 10.2 Å². The molecular weight excluding hydrogens is 698 g/mol. The van der Waals surface area contributed by atoms with Gasteiger partial charge in [0.1, 0.15) is 17.2 Å². The Morgan fingerprint density at radius 2 is 1.27 bits per heavy atom. The SMILES string of the molecule is CN(C(=O)c1c(F)cccc1F)c1cccc(C(=O)Nc2c(Br)cc(C(F)(C(F)(F)F)C(F)(F)F)cc2Br)c1F. The van der Waals surface area contributed by atoms with E-state index in [0.717, 1.165) is 43.4 Å². The van der Waals surface area contributed by atoms with E-state index in [2.05, 4.69) is 37.2 Å². The number of nitrogens with zero attached hydrogens (tertiary/aromatic N) is 1. The Hall–Kier alpha value is -3.14. The molecule has 0 bridgehead atoms. The Morgan fingerprint density at radius 3 is 1.75 bits per heavy atom. The van der Waals surface area contributed by atoms with Crippen LogP contribution in [0.2, 0.25) is 0 Å². The van der Waals surface area contributed by atoms with E-state index >= 15 is 4.39 Å². The first-order valence-corrected chi connectivity index (χ1v) is 12.0. The second kappa shape index (κ2) is 11.0. The molecule has 4 nitrogen and oxygen atoms in total. The molecule has 40 heavy (non-hydrogen) atoms. The van der Waals surface area contributed by atoms with Crippen LogP contribution in [0.15, 0.2) is 57.5 Å². The number of alkyl halides is 7. The highest BCUT2D eigenvalue weighted by atomic mass is 79.9. The van der Waals surface area contributed by atoms with Crippen LogP contribution in [0.3, 0.4) is 0 Å². The van der Waals surface area contributed by atoms with Gasteiger partial charge in [-0.1, -0.05) is 12.1 Å². The fourth-order valence-corrected chi connectivity index (χ4v) is 4.88. The van der Waals surface area contributed by atoms with Crippen LogP contribution in [0, 0.1) is 17.5 Å². The lowest BCUT2D eigenvalue weighted by atomic mass is 9.94. The molecule has 2 amide bonds. The Bertz CT molecular complexity index is 1430. The number of amides is 2. The number of carbonyl (C=O) groups excluding carboxylic acids is 2. The van der Waals surface area contributed by atoms with Gasteiger partial charge in [-0.25, -0.2) is 17.6 Å².